The van der Waals surface area contributed by atoms with E-state index in [0.29, 0.717) is 37.3 Å². The fourth-order valence-corrected chi connectivity index (χ4v) is 4.08. The van der Waals surface area contributed by atoms with E-state index in [2.05, 4.69) is 10.4 Å². The van der Waals surface area contributed by atoms with Crippen LogP contribution in [-0.4, -0.2) is 51.6 Å². The average Bonchev–Trinajstić information content (AvgIpc) is 3.09. The van der Waals surface area contributed by atoms with Crippen LogP contribution in [0.15, 0.2) is 30.5 Å². The summed E-state index contributed by atoms with van der Waals surface area (Å²) in [5.41, 5.74) is 5.49. The molecule has 4 N–H and O–H groups in total. The van der Waals surface area contributed by atoms with E-state index in [-0.39, 0.29) is 23.5 Å². The largest absolute Gasteiger partial charge is 0.416 e. The highest BCUT2D eigenvalue weighted by molar-refractivity contribution is 5.98. The maximum Gasteiger partial charge on any atom is 0.416 e. The second-order valence-corrected chi connectivity index (χ2v) is 7.96. The molecule has 1 aromatic carbocycles. The van der Waals surface area contributed by atoms with E-state index in [0.717, 1.165) is 18.6 Å². The summed E-state index contributed by atoms with van der Waals surface area (Å²) in [5, 5.41) is 15.6. The Labute approximate surface area is 175 Å². The van der Waals surface area contributed by atoms with Gasteiger partial charge in [0.25, 0.3) is 5.91 Å². The van der Waals surface area contributed by atoms with Gasteiger partial charge in [-0.3, -0.25) is 14.4 Å². The summed E-state index contributed by atoms with van der Waals surface area (Å²) >= 11 is 0. The normalized spacial score (nSPS) is 22.9. The third-order valence-electron chi connectivity index (χ3n) is 5.80. The molecule has 0 radical (unpaired) electrons. The van der Waals surface area contributed by atoms with E-state index < -0.39 is 23.8 Å². The second-order valence-electron chi connectivity index (χ2n) is 7.96. The minimum Gasteiger partial charge on any atom is -0.365 e. The van der Waals surface area contributed by atoms with Gasteiger partial charge in [0.05, 0.1) is 11.6 Å². The number of rotatable bonds is 5. The summed E-state index contributed by atoms with van der Waals surface area (Å²) in [7, 11) is 0. The molecule has 2 atom stereocenters. The quantitative estimate of drug-likeness (QED) is 0.622. The summed E-state index contributed by atoms with van der Waals surface area (Å²) in [5.74, 6) is -0.624. The van der Waals surface area contributed by atoms with Crippen molar-refractivity contribution in [3.8, 4) is 0 Å². The van der Waals surface area contributed by atoms with E-state index in [4.69, 9.17) is 11.1 Å². The molecule has 1 aliphatic carbocycles. The zero-order valence-electron chi connectivity index (χ0n) is 16.5. The number of carbonyl (C=O) groups excluding carboxylic acids is 1. The number of halogens is 4. The molecule has 1 aromatic heterocycles. The van der Waals surface area contributed by atoms with Crippen LogP contribution in [0.25, 0.3) is 0 Å². The van der Waals surface area contributed by atoms with Crippen LogP contribution < -0.4 is 11.1 Å². The van der Waals surface area contributed by atoms with Crippen LogP contribution in [0.1, 0.15) is 41.2 Å². The number of nitrogens with one attached hydrogen (secondary N) is 2. The minimum atomic E-state index is -4.45. The molecule has 2 fully saturated rings. The number of primary amides is 1. The predicted octanol–water partition coefficient (Wildman–Crippen LogP) is 3.51. The van der Waals surface area contributed by atoms with Crippen LogP contribution in [0.5, 0.6) is 0 Å². The van der Waals surface area contributed by atoms with Crippen LogP contribution in [0, 0.1) is 5.41 Å². The van der Waals surface area contributed by atoms with Gasteiger partial charge in [-0.1, -0.05) is 0 Å². The molecule has 11 heteroatoms. The van der Waals surface area contributed by atoms with Gasteiger partial charge in [-0.05, 0) is 37.1 Å². The van der Waals surface area contributed by atoms with Crippen LogP contribution >= 0.6 is 0 Å². The summed E-state index contributed by atoms with van der Waals surface area (Å²) in [6.07, 6.45) is -1.92. The van der Waals surface area contributed by atoms with Gasteiger partial charge in [0.15, 0.2) is 5.82 Å². The van der Waals surface area contributed by atoms with Gasteiger partial charge in [0.2, 0.25) is 0 Å². The summed E-state index contributed by atoms with van der Waals surface area (Å²) in [6, 6.07) is 4.11. The van der Waals surface area contributed by atoms with Crippen LogP contribution in [-0.2, 0) is 6.18 Å². The number of aromatic nitrogens is 2. The second kappa shape index (κ2) is 7.95. The number of nitrogens with two attached hydrogens (primary N) is 1. The molecule has 2 aromatic rings. The molecule has 7 nitrogen and oxygen atoms in total. The minimum absolute atomic E-state index is 0.0813. The average molecular weight is 438 g/mol. The lowest BCUT2D eigenvalue weighted by atomic mass is 9.87. The smallest absolute Gasteiger partial charge is 0.365 e. The van der Waals surface area contributed by atoms with E-state index in [1.54, 1.807) is 0 Å². The number of alkyl halides is 4. The lowest BCUT2D eigenvalue weighted by molar-refractivity contribution is -0.137. The van der Waals surface area contributed by atoms with Crippen LogP contribution in [0.2, 0.25) is 0 Å². The van der Waals surface area contributed by atoms with Crippen molar-refractivity contribution in [1.82, 2.24) is 14.7 Å². The van der Waals surface area contributed by atoms with Crippen molar-refractivity contribution < 1.29 is 22.4 Å². The summed E-state index contributed by atoms with van der Waals surface area (Å²) < 4.78 is 52.9. The molecule has 1 amide bonds. The van der Waals surface area contributed by atoms with Gasteiger partial charge >= 0.3 is 6.18 Å². The fourth-order valence-electron chi connectivity index (χ4n) is 4.08. The van der Waals surface area contributed by atoms with Gasteiger partial charge in [0.1, 0.15) is 11.7 Å². The van der Waals surface area contributed by atoms with Crippen molar-refractivity contribution >= 4 is 23.1 Å². The molecule has 1 saturated heterocycles. The Kier molecular flexibility index (Phi) is 5.46. The first kappa shape index (κ1) is 21.3. The zero-order chi connectivity index (χ0) is 22.3. The molecule has 1 aliphatic heterocycles. The standard InChI is InChI=1S/C20H22F4N6O/c21-12-8-29(9-12)14-5-6-17(16(25)7-14)30-10-15(18(26)31)19(28-30)27-13-3-1-11(2-4-13)20(22,23)24/h1-4,10,12,14,17,25H,5-9H2,(H2,26,31)(H,27,28)/t14-,17-/m0/s1. The highest BCUT2D eigenvalue weighted by Gasteiger charge is 2.37. The van der Waals surface area contributed by atoms with E-state index >= 15 is 0 Å². The lowest BCUT2D eigenvalue weighted by Crippen LogP contribution is -2.55. The third-order valence-corrected chi connectivity index (χ3v) is 5.80. The number of carbonyl (C=O) groups is 1. The first-order chi connectivity index (χ1) is 14.6. The van der Waals surface area contributed by atoms with E-state index in [1.807, 2.05) is 4.90 Å². The first-order valence-electron chi connectivity index (χ1n) is 9.90. The SMILES string of the molecule is N=C1C[C@@H](N2CC(F)C2)CC[C@@H]1n1cc(C(N)=O)c(Nc2ccc(C(F)(F)F)cc2)n1. The number of amides is 1. The molecule has 166 valence electrons. The van der Waals surface area contributed by atoms with Crippen molar-refractivity contribution in [2.75, 3.05) is 18.4 Å². The molecular formula is C20H22F4N6O. The highest BCUT2D eigenvalue weighted by atomic mass is 19.4. The maximum atomic E-state index is 13.1. The number of hydrogen-bond acceptors (Lipinski definition) is 5. The Bertz CT molecular complexity index is 981. The highest BCUT2D eigenvalue weighted by Crippen LogP contribution is 2.33. The van der Waals surface area contributed by atoms with Crippen molar-refractivity contribution in [3.63, 3.8) is 0 Å². The van der Waals surface area contributed by atoms with Crippen molar-refractivity contribution in [1.29, 1.82) is 5.41 Å². The number of nitrogens with zero attached hydrogens (tertiary/aromatic N) is 3. The summed E-state index contributed by atoms with van der Waals surface area (Å²) in [4.78, 5) is 13.9. The van der Waals surface area contributed by atoms with Crippen molar-refractivity contribution in [3.05, 3.63) is 41.6 Å². The van der Waals surface area contributed by atoms with Crippen molar-refractivity contribution in [2.24, 2.45) is 5.73 Å². The van der Waals surface area contributed by atoms with Gasteiger partial charge in [-0.25, -0.2) is 4.39 Å². The molecule has 2 aliphatic rings. The fraction of sp³-hybridized carbons (Fsp3) is 0.450. The predicted molar refractivity (Wildman–Crippen MR) is 106 cm³/mol. The van der Waals surface area contributed by atoms with Crippen LogP contribution in [0.4, 0.5) is 29.1 Å². The van der Waals surface area contributed by atoms with Gasteiger partial charge in [0, 0.05) is 43.1 Å². The number of likely N-dealkylation sites (tertiary alicyclic amines) is 1. The molecule has 0 unspecified atom stereocenters. The number of benzene rings is 1. The molecule has 0 bridgehead atoms. The number of hydrogen-bond donors (Lipinski definition) is 3. The van der Waals surface area contributed by atoms with Gasteiger partial charge in [-0.2, -0.15) is 18.3 Å². The Hall–Kier alpha value is -2.95. The Morgan fingerprint density at radius 1 is 1.19 bits per heavy atom. The van der Waals surface area contributed by atoms with Crippen molar-refractivity contribution in [2.45, 2.75) is 43.7 Å². The maximum absolute atomic E-state index is 13.1. The molecule has 31 heavy (non-hydrogen) atoms. The molecule has 1 saturated carbocycles. The Morgan fingerprint density at radius 3 is 2.42 bits per heavy atom. The topological polar surface area (TPSA) is 100 Å². The molecule has 0 spiro atoms. The van der Waals surface area contributed by atoms with E-state index in [1.165, 1.54) is 23.0 Å². The molecule has 4 rings (SSSR count). The monoisotopic (exact) mass is 438 g/mol. The van der Waals surface area contributed by atoms with Crippen LogP contribution in [0.3, 0.4) is 0 Å². The Morgan fingerprint density at radius 2 is 1.87 bits per heavy atom. The van der Waals surface area contributed by atoms with E-state index in [9.17, 15) is 22.4 Å². The Balaban J connectivity index is 1.50. The number of anilines is 2. The first-order valence-corrected chi connectivity index (χ1v) is 9.90. The third kappa shape index (κ3) is 4.41. The van der Waals surface area contributed by atoms with Gasteiger partial charge < -0.3 is 16.5 Å². The summed E-state index contributed by atoms with van der Waals surface area (Å²) in [6.45, 7) is 0.800. The zero-order valence-corrected chi connectivity index (χ0v) is 16.5. The molecule has 2 heterocycles. The lowest BCUT2D eigenvalue weighted by Gasteiger charge is -2.43. The molecular weight excluding hydrogens is 416 g/mol. The van der Waals surface area contributed by atoms with Gasteiger partial charge in [-0.15, -0.1) is 0 Å².